The molecule has 0 aromatic heterocycles. The number of ether oxygens (including phenoxy) is 1. The summed E-state index contributed by atoms with van der Waals surface area (Å²) in [6, 6.07) is 0. The van der Waals surface area contributed by atoms with E-state index in [-0.39, 0.29) is 22.9 Å². The molecule has 25 heavy (non-hydrogen) atoms. The molecule has 6 atom stereocenters. The largest absolute Gasteiger partial charge is 0.462 e. The standard InChI is InChI=1S/C21H31NO3/c1-13(23)25-15-8-10-20(2)14(12-15)4-5-16-17-6-7-19(22-24)21(17,3)11-9-18(16)20/h4,15-18,24H,5-12H2,1-3H3/t15-,16-,17-,18-,20-,21-/m0/s1. The summed E-state index contributed by atoms with van der Waals surface area (Å²) in [7, 11) is 0. The van der Waals surface area contributed by atoms with Gasteiger partial charge in [0.15, 0.2) is 0 Å². The molecule has 3 saturated carbocycles. The van der Waals surface area contributed by atoms with Gasteiger partial charge in [0.25, 0.3) is 0 Å². The van der Waals surface area contributed by atoms with Crippen LogP contribution in [0.5, 0.6) is 0 Å². The Morgan fingerprint density at radius 3 is 2.64 bits per heavy atom. The first kappa shape index (κ1) is 17.1. The van der Waals surface area contributed by atoms with Crippen LogP contribution in [0, 0.1) is 28.6 Å². The molecule has 4 aliphatic carbocycles. The Labute approximate surface area is 150 Å². The second-order valence-corrected chi connectivity index (χ2v) is 9.28. The highest BCUT2D eigenvalue weighted by Crippen LogP contribution is 2.64. The Bertz CT molecular complexity index is 639. The van der Waals surface area contributed by atoms with Gasteiger partial charge in [0.1, 0.15) is 6.10 Å². The summed E-state index contributed by atoms with van der Waals surface area (Å²) in [5, 5.41) is 13.1. The highest BCUT2D eigenvalue weighted by molar-refractivity contribution is 5.92. The first-order valence-electron chi connectivity index (χ1n) is 9.96. The first-order chi connectivity index (χ1) is 11.9. The molecule has 0 aromatic carbocycles. The fraction of sp³-hybridized carbons (Fsp3) is 0.810. The number of carbonyl (C=O) groups is 1. The van der Waals surface area contributed by atoms with Crippen LogP contribution in [-0.2, 0) is 9.53 Å². The van der Waals surface area contributed by atoms with Crippen molar-refractivity contribution in [3.8, 4) is 0 Å². The van der Waals surface area contributed by atoms with Gasteiger partial charge in [0.2, 0.25) is 0 Å². The van der Waals surface area contributed by atoms with E-state index in [1.54, 1.807) is 0 Å². The predicted molar refractivity (Wildman–Crippen MR) is 96.5 cm³/mol. The van der Waals surface area contributed by atoms with Crippen LogP contribution in [0.2, 0.25) is 0 Å². The van der Waals surface area contributed by atoms with E-state index in [9.17, 15) is 10.0 Å². The summed E-state index contributed by atoms with van der Waals surface area (Å²) in [5.74, 6) is 1.93. The second kappa shape index (κ2) is 5.85. The molecule has 0 saturated heterocycles. The molecule has 0 bridgehead atoms. The van der Waals surface area contributed by atoms with Crippen molar-refractivity contribution in [2.75, 3.05) is 0 Å². The first-order valence-corrected chi connectivity index (χ1v) is 9.96. The van der Waals surface area contributed by atoms with Crippen molar-refractivity contribution in [1.82, 2.24) is 0 Å². The van der Waals surface area contributed by atoms with Crippen LogP contribution < -0.4 is 0 Å². The van der Waals surface area contributed by atoms with Gasteiger partial charge in [-0.15, -0.1) is 0 Å². The Kier molecular flexibility index (Phi) is 4.01. The van der Waals surface area contributed by atoms with Gasteiger partial charge in [-0.3, -0.25) is 4.79 Å². The lowest BCUT2D eigenvalue weighted by Gasteiger charge is -2.57. The van der Waals surface area contributed by atoms with Crippen LogP contribution in [0.1, 0.15) is 72.1 Å². The Morgan fingerprint density at radius 1 is 1.20 bits per heavy atom. The van der Waals surface area contributed by atoms with Gasteiger partial charge in [0.05, 0.1) is 5.71 Å². The molecule has 0 aromatic rings. The minimum Gasteiger partial charge on any atom is -0.462 e. The van der Waals surface area contributed by atoms with Crippen molar-refractivity contribution < 1.29 is 14.7 Å². The van der Waals surface area contributed by atoms with E-state index in [1.165, 1.54) is 25.3 Å². The van der Waals surface area contributed by atoms with Crippen LogP contribution in [0.15, 0.2) is 16.8 Å². The van der Waals surface area contributed by atoms with Gasteiger partial charge in [0, 0.05) is 18.8 Å². The van der Waals surface area contributed by atoms with Crippen molar-refractivity contribution in [3.05, 3.63) is 11.6 Å². The van der Waals surface area contributed by atoms with E-state index in [0.29, 0.717) is 11.8 Å². The highest BCUT2D eigenvalue weighted by atomic mass is 16.5. The smallest absolute Gasteiger partial charge is 0.302 e. The molecule has 0 spiro atoms. The molecule has 4 nitrogen and oxygen atoms in total. The molecule has 0 amide bonds. The Hall–Kier alpha value is -1.32. The maximum absolute atomic E-state index is 11.3. The van der Waals surface area contributed by atoms with Crippen LogP contribution >= 0.6 is 0 Å². The van der Waals surface area contributed by atoms with Crippen molar-refractivity contribution in [2.45, 2.75) is 78.2 Å². The fourth-order valence-corrected chi connectivity index (χ4v) is 6.92. The zero-order chi connectivity index (χ0) is 17.8. The molecule has 0 aliphatic heterocycles. The second-order valence-electron chi connectivity index (χ2n) is 9.28. The van der Waals surface area contributed by atoms with Crippen LogP contribution in [0.4, 0.5) is 0 Å². The molecule has 4 rings (SSSR count). The lowest BCUT2D eigenvalue weighted by molar-refractivity contribution is -0.148. The van der Waals surface area contributed by atoms with Crippen molar-refractivity contribution in [2.24, 2.45) is 33.7 Å². The number of hydrogen-bond acceptors (Lipinski definition) is 4. The maximum atomic E-state index is 11.3. The summed E-state index contributed by atoms with van der Waals surface area (Å²) in [5.41, 5.74) is 2.94. The van der Waals surface area contributed by atoms with E-state index in [1.807, 2.05) is 0 Å². The van der Waals surface area contributed by atoms with Crippen LogP contribution in [0.3, 0.4) is 0 Å². The Balaban J connectivity index is 1.60. The highest BCUT2D eigenvalue weighted by Gasteiger charge is 2.58. The summed E-state index contributed by atoms with van der Waals surface area (Å²) < 4.78 is 5.51. The number of fused-ring (bicyclic) bond motifs is 5. The average molecular weight is 345 g/mol. The number of allylic oxidation sites excluding steroid dienone is 1. The quantitative estimate of drug-likeness (QED) is 0.324. The van der Waals surface area contributed by atoms with Crippen molar-refractivity contribution in [3.63, 3.8) is 0 Å². The molecule has 4 heteroatoms. The molecular formula is C21H31NO3. The van der Waals surface area contributed by atoms with Crippen molar-refractivity contribution >= 4 is 11.7 Å². The maximum Gasteiger partial charge on any atom is 0.302 e. The summed E-state index contributed by atoms with van der Waals surface area (Å²) >= 11 is 0. The third kappa shape index (κ3) is 2.47. The minimum absolute atomic E-state index is 0.0711. The number of nitrogens with zero attached hydrogens (tertiary/aromatic N) is 1. The van der Waals surface area contributed by atoms with E-state index in [2.05, 4.69) is 25.1 Å². The third-order valence-electron chi connectivity index (χ3n) is 8.25. The molecule has 1 N–H and O–H groups in total. The molecular weight excluding hydrogens is 314 g/mol. The van der Waals surface area contributed by atoms with E-state index >= 15 is 0 Å². The molecule has 0 unspecified atom stereocenters. The molecule has 0 radical (unpaired) electrons. The normalized spacial score (nSPS) is 47.5. The summed E-state index contributed by atoms with van der Waals surface area (Å²) in [6.07, 6.45) is 11.2. The molecule has 138 valence electrons. The lowest BCUT2D eigenvalue weighted by Crippen LogP contribution is -2.50. The monoisotopic (exact) mass is 345 g/mol. The van der Waals surface area contributed by atoms with Gasteiger partial charge in [-0.05, 0) is 68.1 Å². The van der Waals surface area contributed by atoms with Gasteiger partial charge in [-0.25, -0.2) is 0 Å². The topological polar surface area (TPSA) is 58.9 Å². The van der Waals surface area contributed by atoms with Gasteiger partial charge in [-0.1, -0.05) is 30.7 Å². The number of carbonyl (C=O) groups excluding carboxylic acids is 1. The number of esters is 1. The van der Waals surface area contributed by atoms with Crippen LogP contribution in [0.25, 0.3) is 0 Å². The molecule has 4 aliphatic rings. The van der Waals surface area contributed by atoms with Crippen LogP contribution in [-0.4, -0.2) is 23.0 Å². The SMILES string of the molecule is CC(=O)O[C@H]1CC[C@@]2(C)C(=CC[C@@H]3[C@@H]2CC[C@]2(C)C(=NO)CC[C@@H]32)C1. The third-order valence-corrected chi connectivity index (χ3v) is 8.25. The zero-order valence-electron chi connectivity index (χ0n) is 15.8. The van der Waals surface area contributed by atoms with Crippen molar-refractivity contribution in [1.29, 1.82) is 0 Å². The zero-order valence-corrected chi connectivity index (χ0v) is 15.8. The minimum atomic E-state index is -0.155. The van der Waals surface area contributed by atoms with E-state index < -0.39 is 0 Å². The lowest BCUT2D eigenvalue weighted by atomic mass is 9.48. The molecule has 0 heterocycles. The summed E-state index contributed by atoms with van der Waals surface area (Å²) in [6.45, 7) is 6.30. The number of rotatable bonds is 1. The van der Waals surface area contributed by atoms with E-state index in [4.69, 9.17) is 4.74 Å². The van der Waals surface area contributed by atoms with E-state index in [0.717, 1.165) is 50.2 Å². The fourth-order valence-electron chi connectivity index (χ4n) is 6.92. The average Bonchev–Trinajstić information content (AvgIpc) is 2.91. The van der Waals surface area contributed by atoms with Gasteiger partial charge >= 0.3 is 5.97 Å². The number of hydrogen-bond donors (Lipinski definition) is 1. The Morgan fingerprint density at radius 2 is 1.92 bits per heavy atom. The van der Waals surface area contributed by atoms with Gasteiger partial charge in [-0.2, -0.15) is 0 Å². The van der Waals surface area contributed by atoms with Gasteiger partial charge < -0.3 is 9.94 Å². The number of oxime groups is 1. The summed E-state index contributed by atoms with van der Waals surface area (Å²) in [4.78, 5) is 11.3. The molecule has 3 fully saturated rings. The predicted octanol–water partition coefficient (Wildman–Crippen LogP) is 4.71.